The topological polar surface area (TPSA) is 69.6 Å². The lowest BCUT2D eigenvalue weighted by Crippen LogP contribution is -1.98. The maximum Gasteiger partial charge on any atom is 0.162 e. The number of nitrogen functional groups attached to an aromatic ring is 1. The molecule has 106 valence electrons. The second kappa shape index (κ2) is 5.14. The lowest BCUT2D eigenvalue weighted by atomic mass is 10.2. The summed E-state index contributed by atoms with van der Waals surface area (Å²) >= 11 is 5.86. The Morgan fingerprint density at radius 2 is 1.95 bits per heavy atom. The number of hydrogen-bond donors (Lipinski definition) is 1. The Hall–Kier alpha value is -2.47. The molecule has 3 rings (SSSR count). The van der Waals surface area contributed by atoms with E-state index in [0.717, 1.165) is 5.56 Å². The molecule has 21 heavy (non-hydrogen) atoms. The number of hydrogen-bond acceptors (Lipinski definition) is 4. The van der Waals surface area contributed by atoms with Crippen LogP contribution in [0.5, 0.6) is 0 Å². The quantitative estimate of drug-likeness (QED) is 0.790. The zero-order valence-electron chi connectivity index (χ0n) is 11.1. The van der Waals surface area contributed by atoms with Gasteiger partial charge in [-0.15, -0.1) is 0 Å². The highest BCUT2D eigenvalue weighted by Gasteiger charge is 2.10. The molecule has 7 heteroatoms. The minimum Gasteiger partial charge on any atom is -0.384 e. The predicted molar refractivity (Wildman–Crippen MR) is 79.1 cm³/mol. The predicted octanol–water partition coefficient (Wildman–Crippen LogP) is 2.92. The molecule has 0 spiro atoms. The Labute approximate surface area is 125 Å². The summed E-state index contributed by atoms with van der Waals surface area (Å²) in [5.74, 6) is 0.154. The van der Waals surface area contributed by atoms with Gasteiger partial charge >= 0.3 is 0 Å². The molecule has 0 aliphatic carbocycles. The van der Waals surface area contributed by atoms with Gasteiger partial charge in [-0.1, -0.05) is 11.6 Å². The number of nitrogens with zero attached hydrogens (tertiary/aromatic N) is 4. The van der Waals surface area contributed by atoms with Crippen LogP contribution in [0.1, 0.15) is 0 Å². The average molecular weight is 304 g/mol. The third-order valence-electron chi connectivity index (χ3n) is 2.87. The molecule has 0 fully saturated rings. The maximum atomic E-state index is 13.5. The van der Waals surface area contributed by atoms with Crippen LogP contribution in [0, 0.1) is 5.82 Å². The Balaban J connectivity index is 2.13. The lowest BCUT2D eigenvalue weighted by molar-refractivity contribution is 0.628. The van der Waals surface area contributed by atoms with Crippen LogP contribution in [0.4, 0.5) is 10.2 Å². The van der Waals surface area contributed by atoms with Crippen molar-refractivity contribution >= 4 is 17.4 Å². The third kappa shape index (κ3) is 2.85. The molecule has 0 unspecified atom stereocenters. The van der Waals surface area contributed by atoms with Gasteiger partial charge in [-0.2, -0.15) is 5.10 Å². The SMILES string of the molecule is Cn1cc(-c2cc(N)nc(-c3cc(F)cc(Cl)c3)n2)cn1. The molecule has 0 bridgehead atoms. The van der Waals surface area contributed by atoms with E-state index in [0.29, 0.717) is 22.9 Å². The van der Waals surface area contributed by atoms with E-state index >= 15 is 0 Å². The Morgan fingerprint density at radius 3 is 2.62 bits per heavy atom. The molecule has 2 aromatic heterocycles. The van der Waals surface area contributed by atoms with Gasteiger partial charge in [0.2, 0.25) is 0 Å². The normalized spacial score (nSPS) is 10.8. The van der Waals surface area contributed by atoms with Crippen molar-refractivity contribution in [2.45, 2.75) is 0 Å². The highest BCUT2D eigenvalue weighted by molar-refractivity contribution is 6.30. The van der Waals surface area contributed by atoms with E-state index in [1.165, 1.54) is 12.1 Å². The van der Waals surface area contributed by atoms with Gasteiger partial charge in [-0.3, -0.25) is 4.68 Å². The number of nitrogens with two attached hydrogens (primary N) is 1. The van der Waals surface area contributed by atoms with Crippen molar-refractivity contribution in [2.24, 2.45) is 7.05 Å². The molecule has 1 aromatic carbocycles. The molecule has 2 heterocycles. The number of anilines is 1. The highest BCUT2D eigenvalue weighted by atomic mass is 35.5. The average Bonchev–Trinajstić information content (AvgIpc) is 2.83. The zero-order valence-corrected chi connectivity index (χ0v) is 11.8. The molecular formula is C14H11ClFN5. The molecule has 0 aliphatic rings. The molecule has 2 N–H and O–H groups in total. The first-order valence-electron chi connectivity index (χ1n) is 6.11. The molecule has 0 radical (unpaired) electrons. The van der Waals surface area contributed by atoms with Gasteiger partial charge in [-0.05, 0) is 18.2 Å². The minimum atomic E-state index is -0.452. The summed E-state index contributed by atoms with van der Waals surface area (Å²) in [4.78, 5) is 8.53. The minimum absolute atomic E-state index is 0.277. The van der Waals surface area contributed by atoms with Crippen LogP contribution in [0.3, 0.4) is 0 Å². The molecule has 0 atom stereocenters. The van der Waals surface area contributed by atoms with Crippen molar-refractivity contribution in [2.75, 3.05) is 5.73 Å². The van der Waals surface area contributed by atoms with Gasteiger partial charge in [0.15, 0.2) is 5.82 Å². The molecule has 0 saturated carbocycles. The molecule has 0 saturated heterocycles. The van der Waals surface area contributed by atoms with E-state index in [1.54, 1.807) is 30.1 Å². The van der Waals surface area contributed by atoms with Gasteiger partial charge in [0.25, 0.3) is 0 Å². The van der Waals surface area contributed by atoms with Crippen LogP contribution in [0.25, 0.3) is 22.6 Å². The summed E-state index contributed by atoms with van der Waals surface area (Å²) in [7, 11) is 1.81. The Bertz CT molecular complexity index is 795. The first-order valence-corrected chi connectivity index (χ1v) is 6.49. The molecule has 0 amide bonds. The van der Waals surface area contributed by atoms with Gasteiger partial charge in [0.05, 0.1) is 11.9 Å². The summed E-state index contributed by atoms with van der Waals surface area (Å²) in [6.45, 7) is 0. The van der Waals surface area contributed by atoms with Crippen molar-refractivity contribution in [3.05, 3.63) is 47.5 Å². The van der Waals surface area contributed by atoms with Crippen LogP contribution >= 0.6 is 11.6 Å². The van der Waals surface area contributed by atoms with Gasteiger partial charge in [-0.25, -0.2) is 14.4 Å². The molecule has 0 aliphatic heterocycles. The van der Waals surface area contributed by atoms with Crippen LogP contribution in [-0.2, 0) is 7.05 Å². The fraction of sp³-hybridized carbons (Fsp3) is 0.0714. The van der Waals surface area contributed by atoms with E-state index < -0.39 is 5.82 Å². The van der Waals surface area contributed by atoms with Crippen LogP contribution < -0.4 is 5.73 Å². The second-order valence-electron chi connectivity index (χ2n) is 4.56. The van der Waals surface area contributed by atoms with Gasteiger partial charge in [0.1, 0.15) is 11.6 Å². The highest BCUT2D eigenvalue weighted by Crippen LogP contribution is 2.25. The maximum absolute atomic E-state index is 13.5. The van der Waals surface area contributed by atoms with E-state index in [-0.39, 0.29) is 5.02 Å². The van der Waals surface area contributed by atoms with Gasteiger partial charge in [0, 0.05) is 35.5 Å². The van der Waals surface area contributed by atoms with E-state index in [2.05, 4.69) is 15.1 Å². The second-order valence-corrected chi connectivity index (χ2v) is 5.00. The lowest BCUT2D eigenvalue weighted by Gasteiger charge is -2.05. The first-order chi connectivity index (χ1) is 10.0. The Morgan fingerprint density at radius 1 is 1.14 bits per heavy atom. The van der Waals surface area contributed by atoms with Gasteiger partial charge < -0.3 is 5.73 Å². The van der Waals surface area contributed by atoms with E-state index in [1.807, 2.05) is 6.20 Å². The summed E-state index contributed by atoms with van der Waals surface area (Å²) < 4.78 is 15.1. The summed E-state index contributed by atoms with van der Waals surface area (Å²) in [5.41, 5.74) is 7.70. The number of rotatable bonds is 2. The summed E-state index contributed by atoms with van der Waals surface area (Å²) in [5, 5.41) is 4.36. The van der Waals surface area contributed by atoms with Crippen molar-refractivity contribution in [1.29, 1.82) is 0 Å². The number of aryl methyl sites for hydroxylation is 1. The van der Waals surface area contributed by atoms with Crippen LogP contribution in [0.2, 0.25) is 5.02 Å². The summed E-state index contributed by atoms with van der Waals surface area (Å²) in [6.07, 6.45) is 3.48. The van der Waals surface area contributed by atoms with Crippen LogP contribution in [0.15, 0.2) is 36.7 Å². The van der Waals surface area contributed by atoms with E-state index in [9.17, 15) is 4.39 Å². The van der Waals surface area contributed by atoms with Crippen LogP contribution in [-0.4, -0.2) is 19.7 Å². The fourth-order valence-corrected chi connectivity index (χ4v) is 2.20. The monoisotopic (exact) mass is 303 g/mol. The molecule has 3 aromatic rings. The standard InChI is InChI=1S/C14H11ClFN5/c1-21-7-9(6-18-21)12-5-13(17)20-14(19-12)8-2-10(15)4-11(16)3-8/h2-7H,1H3,(H2,17,19,20). The van der Waals surface area contributed by atoms with Crippen molar-refractivity contribution < 1.29 is 4.39 Å². The smallest absolute Gasteiger partial charge is 0.162 e. The largest absolute Gasteiger partial charge is 0.384 e. The summed E-state index contributed by atoms with van der Waals surface area (Å²) in [6, 6.07) is 5.76. The number of aromatic nitrogens is 4. The number of halogens is 2. The van der Waals surface area contributed by atoms with E-state index in [4.69, 9.17) is 17.3 Å². The first kappa shape index (κ1) is 13.5. The van der Waals surface area contributed by atoms with Crippen molar-refractivity contribution in [3.63, 3.8) is 0 Å². The molecule has 5 nitrogen and oxygen atoms in total. The Kier molecular flexibility index (Phi) is 3.31. The third-order valence-corrected chi connectivity index (χ3v) is 3.09. The van der Waals surface area contributed by atoms with Crippen molar-refractivity contribution in [3.8, 4) is 22.6 Å². The zero-order chi connectivity index (χ0) is 15.0. The molecular weight excluding hydrogens is 293 g/mol. The number of benzene rings is 1. The fourth-order valence-electron chi connectivity index (χ4n) is 1.98. The van der Waals surface area contributed by atoms with Crippen molar-refractivity contribution in [1.82, 2.24) is 19.7 Å².